The van der Waals surface area contributed by atoms with Gasteiger partial charge in [0, 0.05) is 39.3 Å². The summed E-state index contributed by atoms with van der Waals surface area (Å²) in [6.07, 6.45) is -0.388. The molecule has 0 radical (unpaired) electrons. The molecule has 122 valence electrons. The van der Waals surface area contributed by atoms with E-state index in [9.17, 15) is 13.2 Å². The van der Waals surface area contributed by atoms with Crippen molar-refractivity contribution in [3.05, 3.63) is 0 Å². The number of carboxylic acid groups (broad SMARTS) is 1. The summed E-state index contributed by atoms with van der Waals surface area (Å²) in [5.74, 6) is 0.122. The van der Waals surface area contributed by atoms with Crippen LogP contribution in [0.4, 0.5) is 4.79 Å². The van der Waals surface area contributed by atoms with E-state index in [-0.39, 0.29) is 31.9 Å². The third kappa shape index (κ3) is 4.80. The van der Waals surface area contributed by atoms with Crippen LogP contribution in [0.25, 0.3) is 0 Å². The number of nitrogens with zero attached hydrogens (tertiary/aromatic N) is 3. The van der Waals surface area contributed by atoms with Gasteiger partial charge in [0.1, 0.15) is 0 Å². The van der Waals surface area contributed by atoms with Gasteiger partial charge in [-0.05, 0) is 13.0 Å². The summed E-state index contributed by atoms with van der Waals surface area (Å²) in [5, 5.41) is 8.86. The van der Waals surface area contributed by atoms with Gasteiger partial charge in [0.2, 0.25) is 10.0 Å². The van der Waals surface area contributed by atoms with Crippen molar-refractivity contribution in [3.63, 3.8) is 0 Å². The van der Waals surface area contributed by atoms with Gasteiger partial charge in [-0.3, -0.25) is 4.90 Å². The zero-order chi connectivity index (χ0) is 15.3. The molecule has 8 nitrogen and oxygen atoms in total. The fraction of sp³-hybridized carbons (Fsp3) is 0.917. The predicted molar refractivity (Wildman–Crippen MR) is 76.8 cm³/mol. The van der Waals surface area contributed by atoms with Gasteiger partial charge in [-0.1, -0.05) is 0 Å². The number of carbonyl (C=O) groups is 1. The van der Waals surface area contributed by atoms with Gasteiger partial charge in [0.25, 0.3) is 0 Å². The van der Waals surface area contributed by atoms with E-state index >= 15 is 0 Å². The lowest BCUT2D eigenvalue weighted by molar-refractivity contribution is 0.0380. The van der Waals surface area contributed by atoms with Crippen LogP contribution in [0.5, 0.6) is 0 Å². The Labute approximate surface area is 125 Å². The highest BCUT2D eigenvalue weighted by atomic mass is 32.2. The summed E-state index contributed by atoms with van der Waals surface area (Å²) in [5.41, 5.74) is 0. The predicted octanol–water partition coefficient (Wildman–Crippen LogP) is -0.666. The molecule has 0 aliphatic carbocycles. The third-order valence-electron chi connectivity index (χ3n) is 3.88. The average molecular weight is 321 g/mol. The van der Waals surface area contributed by atoms with Gasteiger partial charge in [0.15, 0.2) is 0 Å². The lowest BCUT2D eigenvalue weighted by Gasteiger charge is -2.32. The minimum Gasteiger partial charge on any atom is -0.465 e. The molecular weight excluding hydrogens is 298 g/mol. The van der Waals surface area contributed by atoms with Crippen LogP contribution in [0.3, 0.4) is 0 Å². The molecule has 21 heavy (non-hydrogen) atoms. The van der Waals surface area contributed by atoms with Gasteiger partial charge in [-0.15, -0.1) is 0 Å². The molecule has 0 atom stereocenters. The molecule has 1 N–H and O–H groups in total. The molecule has 0 aromatic heterocycles. The SMILES string of the molecule is O=C(O)N1CCN(S(=O)(=O)CCCN2CCOCC2)CC1. The molecule has 0 bridgehead atoms. The van der Waals surface area contributed by atoms with Crippen LogP contribution in [0, 0.1) is 0 Å². The second-order valence-corrected chi connectivity index (χ2v) is 7.38. The van der Waals surface area contributed by atoms with Crippen LogP contribution >= 0.6 is 0 Å². The van der Waals surface area contributed by atoms with E-state index < -0.39 is 16.1 Å². The molecule has 0 aromatic rings. The molecule has 0 saturated carbocycles. The van der Waals surface area contributed by atoms with Crippen molar-refractivity contribution in [2.75, 3.05) is 64.8 Å². The van der Waals surface area contributed by atoms with Crippen LogP contribution in [-0.2, 0) is 14.8 Å². The molecule has 2 aliphatic heterocycles. The maximum Gasteiger partial charge on any atom is 0.407 e. The van der Waals surface area contributed by atoms with Crippen molar-refractivity contribution in [1.29, 1.82) is 0 Å². The summed E-state index contributed by atoms with van der Waals surface area (Å²) >= 11 is 0. The maximum atomic E-state index is 12.2. The van der Waals surface area contributed by atoms with Crippen molar-refractivity contribution in [2.45, 2.75) is 6.42 Å². The molecule has 2 fully saturated rings. The second-order valence-electron chi connectivity index (χ2n) is 5.29. The number of rotatable bonds is 5. The van der Waals surface area contributed by atoms with E-state index in [2.05, 4.69) is 4.90 Å². The van der Waals surface area contributed by atoms with Gasteiger partial charge in [0.05, 0.1) is 19.0 Å². The topological polar surface area (TPSA) is 90.4 Å². The van der Waals surface area contributed by atoms with Crippen LogP contribution < -0.4 is 0 Å². The molecular formula is C12H23N3O5S. The lowest BCUT2D eigenvalue weighted by atomic mass is 10.4. The van der Waals surface area contributed by atoms with E-state index in [1.807, 2.05) is 0 Å². The van der Waals surface area contributed by atoms with E-state index in [0.29, 0.717) is 19.6 Å². The molecule has 2 heterocycles. The molecule has 2 rings (SSSR count). The summed E-state index contributed by atoms with van der Waals surface area (Å²) in [4.78, 5) is 14.3. The first-order valence-corrected chi connectivity index (χ1v) is 8.86. The van der Waals surface area contributed by atoms with Crippen molar-refractivity contribution >= 4 is 16.1 Å². The smallest absolute Gasteiger partial charge is 0.407 e. The summed E-state index contributed by atoms with van der Waals surface area (Å²) in [7, 11) is -3.28. The van der Waals surface area contributed by atoms with E-state index in [0.717, 1.165) is 19.6 Å². The first kappa shape index (κ1) is 16.5. The number of hydrogen-bond acceptors (Lipinski definition) is 5. The average Bonchev–Trinajstić information content (AvgIpc) is 2.48. The summed E-state index contributed by atoms with van der Waals surface area (Å²) in [6, 6.07) is 0. The van der Waals surface area contributed by atoms with Crippen LogP contribution in [-0.4, -0.2) is 98.5 Å². The van der Waals surface area contributed by atoms with Crippen molar-refractivity contribution in [1.82, 2.24) is 14.1 Å². The highest BCUT2D eigenvalue weighted by Gasteiger charge is 2.28. The second kappa shape index (κ2) is 7.39. The number of sulfonamides is 1. The standard InChI is InChI=1S/C12H23N3O5S/c16-12(17)14-3-5-15(6-4-14)21(18,19)11-1-2-13-7-9-20-10-8-13/h1-11H2,(H,16,17). The Kier molecular flexibility index (Phi) is 5.80. The number of hydrogen-bond donors (Lipinski definition) is 1. The lowest BCUT2D eigenvalue weighted by Crippen LogP contribution is -2.50. The van der Waals surface area contributed by atoms with Crippen LogP contribution in [0.15, 0.2) is 0 Å². The molecule has 0 spiro atoms. The number of piperazine rings is 1. The van der Waals surface area contributed by atoms with Crippen LogP contribution in [0.2, 0.25) is 0 Å². The Balaban J connectivity index is 1.73. The van der Waals surface area contributed by atoms with Gasteiger partial charge >= 0.3 is 6.09 Å². The highest BCUT2D eigenvalue weighted by Crippen LogP contribution is 2.10. The molecule has 1 amide bonds. The Morgan fingerprint density at radius 2 is 1.67 bits per heavy atom. The Morgan fingerprint density at radius 3 is 2.24 bits per heavy atom. The van der Waals surface area contributed by atoms with Crippen molar-refractivity contribution in [3.8, 4) is 0 Å². The zero-order valence-electron chi connectivity index (χ0n) is 12.1. The zero-order valence-corrected chi connectivity index (χ0v) is 12.9. The maximum absolute atomic E-state index is 12.2. The summed E-state index contributed by atoms with van der Waals surface area (Å²) < 4.78 is 31.1. The van der Waals surface area contributed by atoms with E-state index in [1.54, 1.807) is 0 Å². The van der Waals surface area contributed by atoms with E-state index in [1.165, 1.54) is 9.21 Å². The van der Waals surface area contributed by atoms with Gasteiger partial charge in [-0.25, -0.2) is 13.2 Å². The monoisotopic (exact) mass is 321 g/mol. The highest BCUT2D eigenvalue weighted by molar-refractivity contribution is 7.89. The quantitative estimate of drug-likeness (QED) is 0.722. The number of morpholine rings is 1. The molecule has 0 unspecified atom stereocenters. The first-order valence-electron chi connectivity index (χ1n) is 7.25. The minimum atomic E-state index is -3.28. The molecule has 0 aromatic carbocycles. The molecule has 2 saturated heterocycles. The molecule has 9 heteroatoms. The fourth-order valence-electron chi connectivity index (χ4n) is 2.58. The summed E-state index contributed by atoms with van der Waals surface area (Å²) in [6.45, 7) is 4.91. The Morgan fingerprint density at radius 1 is 1.05 bits per heavy atom. The Hall–Kier alpha value is -0.900. The number of ether oxygens (including phenoxy) is 1. The van der Waals surface area contributed by atoms with Crippen molar-refractivity contribution in [2.24, 2.45) is 0 Å². The third-order valence-corrected chi connectivity index (χ3v) is 5.84. The Bertz CT molecular complexity index is 442. The minimum absolute atomic E-state index is 0.122. The van der Waals surface area contributed by atoms with Gasteiger partial charge in [-0.2, -0.15) is 4.31 Å². The molecule has 2 aliphatic rings. The fourth-order valence-corrected chi connectivity index (χ4v) is 4.05. The van der Waals surface area contributed by atoms with E-state index in [4.69, 9.17) is 9.84 Å². The largest absolute Gasteiger partial charge is 0.465 e. The number of amides is 1. The van der Waals surface area contributed by atoms with Crippen LogP contribution in [0.1, 0.15) is 6.42 Å². The van der Waals surface area contributed by atoms with Crippen molar-refractivity contribution < 1.29 is 23.1 Å². The first-order chi connectivity index (χ1) is 9.99. The van der Waals surface area contributed by atoms with Gasteiger partial charge < -0.3 is 14.7 Å². The normalized spacial score (nSPS) is 22.4.